The second kappa shape index (κ2) is 13.0. The normalized spacial score (nSPS) is 18.5. The van der Waals surface area contributed by atoms with Gasteiger partial charge in [-0.2, -0.15) is 0 Å². The minimum absolute atomic E-state index is 0.835. The third kappa shape index (κ3) is 7.35. The van der Waals surface area contributed by atoms with Gasteiger partial charge in [0.2, 0.25) is 0 Å². The molecule has 0 aliphatic heterocycles. The van der Waals surface area contributed by atoms with E-state index in [2.05, 4.69) is 86.3 Å². The summed E-state index contributed by atoms with van der Waals surface area (Å²) in [6.45, 7) is 9.41. The quantitative estimate of drug-likeness (QED) is 0.210. The molecule has 1 aliphatic carbocycles. The summed E-state index contributed by atoms with van der Waals surface area (Å²) < 4.78 is 6.04. The molecule has 0 spiro atoms. The van der Waals surface area contributed by atoms with Gasteiger partial charge in [0.1, 0.15) is 0 Å². The Morgan fingerprint density at radius 3 is 1.48 bits per heavy atom. The van der Waals surface area contributed by atoms with Crippen LogP contribution in [0.5, 0.6) is 0 Å². The van der Waals surface area contributed by atoms with E-state index in [1.54, 1.807) is 13.3 Å². The third-order valence-electron chi connectivity index (χ3n) is 7.55. The van der Waals surface area contributed by atoms with Crippen molar-refractivity contribution in [3.8, 4) is 0 Å². The first-order valence-electron chi connectivity index (χ1n) is 13.0. The molecular weight excluding hydrogens is 481 g/mol. The fourth-order valence-corrected chi connectivity index (χ4v) is 25.1. The van der Waals surface area contributed by atoms with Crippen molar-refractivity contribution in [1.29, 1.82) is 0 Å². The van der Waals surface area contributed by atoms with Crippen LogP contribution >= 0.6 is 0 Å². The average molecular weight is 526 g/mol. The first-order chi connectivity index (χ1) is 15.2. The van der Waals surface area contributed by atoms with Crippen molar-refractivity contribution in [3.63, 3.8) is 0 Å². The third-order valence-corrected chi connectivity index (χ3v) is 25.4. The molecule has 1 saturated carbocycles. The number of benzene rings is 2. The molecule has 0 N–H and O–H groups in total. The molecule has 3 rings (SSSR count). The van der Waals surface area contributed by atoms with Gasteiger partial charge in [-0.05, 0) is 0 Å². The summed E-state index contributed by atoms with van der Waals surface area (Å²) in [5, 5.41) is 0. The Labute approximate surface area is 196 Å². The van der Waals surface area contributed by atoms with Gasteiger partial charge < -0.3 is 0 Å². The van der Waals surface area contributed by atoms with E-state index in [1.807, 2.05) is 0 Å². The van der Waals surface area contributed by atoms with Crippen molar-refractivity contribution >= 4 is 18.4 Å². The zero-order valence-electron chi connectivity index (χ0n) is 20.4. The maximum absolute atomic E-state index is 2.85. The average Bonchev–Trinajstić information content (AvgIpc) is 3.61. The van der Waals surface area contributed by atoms with Crippen LogP contribution in [0.25, 0.3) is 0 Å². The second-order valence-electron chi connectivity index (χ2n) is 9.96. The second-order valence-corrected chi connectivity index (χ2v) is 24.1. The number of hydrogen-bond donors (Lipinski definition) is 0. The Balaban J connectivity index is 1.80. The van der Waals surface area contributed by atoms with Gasteiger partial charge in [-0.1, -0.05) is 0 Å². The molecule has 0 unspecified atom stereocenters. The SMILES string of the molecule is CCC[CH2][Sn]([CH2]CCC)([CH2]CCC)[C@H]1C[C@@H]1N(Cc1ccccc1)Cc1ccccc1. The standard InChI is InChI=1S/C17H18N.3C4H9.Sn/c1-3-7-15(8-4-1)13-18(17-11-12-17)14-16-9-5-2-6-10-16;3*1-3-4-2;/h1-11,17H,12-14H2;3*1,3-4H2,2H3;/t17-;;;;/m1..../s1. The van der Waals surface area contributed by atoms with E-state index in [9.17, 15) is 0 Å². The predicted molar refractivity (Wildman–Crippen MR) is 139 cm³/mol. The molecule has 0 radical (unpaired) electrons. The summed E-state index contributed by atoms with van der Waals surface area (Å²) >= 11 is -2.15. The van der Waals surface area contributed by atoms with Crippen LogP contribution in [-0.4, -0.2) is 29.3 Å². The molecule has 0 bridgehead atoms. The summed E-state index contributed by atoms with van der Waals surface area (Å²) in [5.74, 6) is 0. The molecular formula is C29H45NSn. The fraction of sp³-hybridized carbons (Fsp3) is 0.586. The Morgan fingerprint density at radius 1 is 0.677 bits per heavy atom. The number of rotatable bonds is 15. The molecule has 0 heterocycles. The molecule has 1 nitrogen and oxygen atoms in total. The van der Waals surface area contributed by atoms with Crippen LogP contribution in [-0.2, 0) is 13.1 Å². The summed E-state index contributed by atoms with van der Waals surface area (Å²) in [7, 11) is 0. The number of nitrogens with zero attached hydrogens (tertiary/aromatic N) is 1. The summed E-state index contributed by atoms with van der Waals surface area (Å²) in [4.78, 5) is 2.85. The molecule has 0 amide bonds. The van der Waals surface area contributed by atoms with E-state index in [-0.39, 0.29) is 0 Å². The Bertz CT molecular complexity index is 666. The van der Waals surface area contributed by atoms with Crippen LogP contribution in [0.15, 0.2) is 60.7 Å². The van der Waals surface area contributed by atoms with Gasteiger partial charge in [0.25, 0.3) is 0 Å². The van der Waals surface area contributed by atoms with Crippen molar-refractivity contribution in [2.45, 2.75) is 102 Å². The van der Waals surface area contributed by atoms with Gasteiger partial charge in [-0.15, -0.1) is 0 Å². The molecule has 1 aliphatic rings. The van der Waals surface area contributed by atoms with Gasteiger partial charge >= 0.3 is 197 Å². The van der Waals surface area contributed by atoms with Crippen molar-refractivity contribution < 1.29 is 0 Å². The van der Waals surface area contributed by atoms with Gasteiger partial charge in [0.05, 0.1) is 0 Å². The van der Waals surface area contributed by atoms with Crippen LogP contribution in [0, 0.1) is 0 Å². The van der Waals surface area contributed by atoms with Crippen molar-refractivity contribution in [1.82, 2.24) is 4.90 Å². The van der Waals surface area contributed by atoms with E-state index in [0.717, 1.165) is 23.1 Å². The Hall–Kier alpha value is -0.801. The minimum atomic E-state index is -2.15. The molecule has 170 valence electrons. The van der Waals surface area contributed by atoms with Gasteiger partial charge in [0.15, 0.2) is 0 Å². The monoisotopic (exact) mass is 527 g/mol. The van der Waals surface area contributed by atoms with E-state index in [0.29, 0.717) is 0 Å². The first-order valence-corrected chi connectivity index (χ1v) is 20.7. The Kier molecular flexibility index (Phi) is 10.4. The van der Waals surface area contributed by atoms with E-state index >= 15 is 0 Å². The first kappa shape index (κ1) is 24.8. The summed E-state index contributed by atoms with van der Waals surface area (Å²) in [5.41, 5.74) is 2.95. The van der Waals surface area contributed by atoms with E-state index in [4.69, 9.17) is 0 Å². The number of unbranched alkanes of at least 4 members (excludes halogenated alkanes) is 3. The summed E-state index contributed by atoms with van der Waals surface area (Å²) in [6.07, 6.45) is 10.1. The zero-order chi connectivity index (χ0) is 21.9. The molecule has 0 saturated heterocycles. The number of hydrogen-bond acceptors (Lipinski definition) is 1. The van der Waals surface area contributed by atoms with Gasteiger partial charge in [-0.25, -0.2) is 0 Å². The molecule has 31 heavy (non-hydrogen) atoms. The van der Waals surface area contributed by atoms with Crippen molar-refractivity contribution in [2.75, 3.05) is 0 Å². The van der Waals surface area contributed by atoms with Crippen molar-refractivity contribution in [2.24, 2.45) is 0 Å². The molecule has 2 aromatic rings. The van der Waals surface area contributed by atoms with Crippen molar-refractivity contribution in [3.05, 3.63) is 71.8 Å². The van der Waals surface area contributed by atoms with Crippen LogP contribution in [0.4, 0.5) is 0 Å². The van der Waals surface area contributed by atoms with Crippen LogP contribution in [0.3, 0.4) is 0 Å². The Morgan fingerprint density at radius 2 is 1.10 bits per heavy atom. The molecule has 0 aromatic heterocycles. The topological polar surface area (TPSA) is 3.24 Å². The summed E-state index contributed by atoms with van der Waals surface area (Å²) in [6, 6.07) is 23.2. The zero-order valence-corrected chi connectivity index (χ0v) is 23.2. The van der Waals surface area contributed by atoms with E-state index < -0.39 is 18.4 Å². The van der Waals surface area contributed by atoms with Crippen LogP contribution in [0.2, 0.25) is 17.2 Å². The fourth-order valence-electron chi connectivity index (χ4n) is 5.69. The van der Waals surface area contributed by atoms with Crippen LogP contribution in [0.1, 0.15) is 76.8 Å². The van der Waals surface area contributed by atoms with Gasteiger partial charge in [-0.3, -0.25) is 0 Å². The molecule has 2 aromatic carbocycles. The van der Waals surface area contributed by atoms with Crippen LogP contribution < -0.4 is 0 Å². The molecule has 2 atom stereocenters. The predicted octanol–water partition coefficient (Wildman–Crippen LogP) is 8.68. The van der Waals surface area contributed by atoms with Gasteiger partial charge in [0, 0.05) is 0 Å². The van der Waals surface area contributed by atoms with E-state index in [1.165, 1.54) is 56.1 Å². The molecule has 2 heteroatoms. The maximum atomic E-state index is 2.85. The molecule has 1 fully saturated rings.